The number of hydrogen-bond donors (Lipinski definition) is 1. The van der Waals surface area contributed by atoms with Crippen LogP contribution in [0.2, 0.25) is 0 Å². The molecule has 5 heteroatoms. The highest BCUT2D eigenvalue weighted by Crippen LogP contribution is 2.15. The normalized spacial score (nSPS) is 16.3. The van der Waals surface area contributed by atoms with Gasteiger partial charge >= 0.3 is 11.9 Å². The first-order valence-electron chi connectivity index (χ1n) is 6.92. The summed E-state index contributed by atoms with van der Waals surface area (Å²) in [6.45, 7) is 11.5. The molecule has 118 valence electrons. The van der Waals surface area contributed by atoms with Gasteiger partial charge in [-0.1, -0.05) is 38.7 Å². The van der Waals surface area contributed by atoms with Gasteiger partial charge in [0.05, 0.1) is 24.9 Å². The maximum Gasteiger partial charge on any atom is 0.337 e. The van der Waals surface area contributed by atoms with Crippen molar-refractivity contribution in [3.8, 4) is 0 Å². The number of ether oxygens (including phenoxy) is 2. The van der Waals surface area contributed by atoms with E-state index < -0.39 is 5.97 Å². The Balaban J connectivity index is 0.000000567. The molecule has 0 aromatic carbocycles. The van der Waals surface area contributed by atoms with Crippen LogP contribution in [0.5, 0.6) is 0 Å². The van der Waals surface area contributed by atoms with E-state index in [9.17, 15) is 9.59 Å². The Morgan fingerprint density at radius 3 is 2.43 bits per heavy atom. The molecule has 21 heavy (non-hydrogen) atoms. The van der Waals surface area contributed by atoms with Crippen LogP contribution in [0, 0.1) is 0 Å². The van der Waals surface area contributed by atoms with Crippen LogP contribution in [0.15, 0.2) is 36.5 Å². The number of carboxylic acid groups (broad SMARTS) is 1. The van der Waals surface area contributed by atoms with Gasteiger partial charge in [0.25, 0.3) is 0 Å². The summed E-state index contributed by atoms with van der Waals surface area (Å²) in [6, 6.07) is 0. The molecule has 0 aliphatic carbocycles. The van der Waals surface area contributed by atoms with Gasteiger partial charge in [-0.15, -0.1) is 0 Å². The zero-order chi connectivity index (χ0) is 16.3. The lowest BCUT2D eigenvalue weighted by atomic mass is 10.2. The second kappa shape index (κ2) is 10.9. The minimum absolute atomic E-state index is 0.176. The summed E-state index contributed by atoms with van der Waals surface area (Å²) in [7, 11) is 0. The molecule has 1 N–H and O–H groups in total. The summed E-state index contributed by atoms with van der Waals surface area (Å²) in [5, 5.41) is 7.89. The Morgan fingerprint density at radius 1 is 1.48 bits per heavy atom. The number of carboxylic acids is 1. The zero-order valence-electron chi connectivity index (χ0n) is 12.8. The van der Waals surface area contributed by atoms with Gasteiger partial charge in [0, 0.05) is 5.57 Å². The smallest absolute Gasteiger partial charge is 0.337 e. The second-order valence-corrected chi connectivity index (χ2v) is 4.63. The van der Waals surface area contributed by atoms with Crippen molar-refractivity contribution in [2.45, 2.75) is 39.2 Å². The van der Waals surface area contributed by atoms with Crippen LogP contribution >= 0.6 is 0 Å². The lowest BCUT2D eigenvalue weighted by Gasteiger charge is -2.03. The molecule has 1 unspecified atom stereocenters. The fourth-order valence-corrected chi connectivity index (χ4v) is 1.11. The Hall–Kier alpha value is -1.88. The van der Waals surface area contributed by atoms with Crippen LogP contribution in [0.25, 0.3) is 0 Å². The molecule has 1 heterocycles. The maximum absolute atomic E-state index is 11.5. The van der Waals surface area contributed by atoms with E-state index in [1.807, 2.05) is 6.08 Å². The number of carbonyl (C=O) groups excluding carboxylic acids is 1. The van der Waals surface area contributed by atoms with Crippen LogP contribution in [0.4, 0.5) is 0 Å². The van der Waals surface area contributed by atoms with Gasteiger partial charge in [0.1, 0.15) is 0 Å². The van der Waals surface area contributed by atoms with E-state index in [4.69, 9.17) is 14.6 Å². The SMILES string of the molecule is C=C(C)C(=O)O.C=CC(=CCC1CO1)C(=O)OCCCC. The molecule has 0 bridgehead atoms. The van der Waals surface area contributed by atoms with Crippen LogP contribution in [0.1, 0.15) is 33.1 Å². The molecule has 0 aromatic rings. The van der Waals surface area contributed by atoms with Crippen molar-refractivity contribution in [2.75, 3.05) is 13.2 Å². The Bertz CT molecular complexity index is 393. The standard InChI is InChI=1S/C12H18O3.C4H6O2/c1-3-5-8-14-12(13)10(4-2)6-7-11-9-15-11;1-3(2)4(5)6/h4,6,11H,2-3,5,7-9H2,1H3;1H2,2H3,(H,5,6). The number of aliphatic carboxylic acids is 1. The third-order valence-corrected chi connectivity index (χ3v) is 2.55. The Kier molecular flexibility index (Phi) is 9.88. The highest BCUT2D eigenvalue weighted by atomic mass is 16.6. The van der Waals surface area contributed by atoms with Gasteiger partial charge in [0.15, 0.2) is 0 Å². The van der Waals surface area contributed by atoms with Gasteiger partial charge in [-0.05, 0) is 19.8 Å². The van der Waals surface area contributed by atoms with Crippen LogP contribution in [-0.2, 0) is 19.1 Å². The highest BCUT2D eigenvalue weighted by molar-refractivity contribution is 5.91. The number of epoxide rings is 1. The molecule has 1 rings (SSSR count). The molecule has 1 saturated heterocycles. The molecule has 1 fully saturated rings. The first kappa shape index (κ1) is 19.1. The average molecular weight is 296 g/mol. The molecule has 0 saturated carbocycles. The summed E-state index contributed by atoms with van der Waals surface area (Å²) in [5.41, 5.74) is 0.719. The monoisotopic (exact) mass is 296 g/mol. The van der Waals surface area contributed by atoms with E-state index in [1.165, 1.54) is 13.0 Å². The lowest BCUT2D eigenvalue weighted by molar-refractivity contribution is -0.138. The third kappa shape index (κ3) is 10.6. The van der Waals surface area contributed by atoms with Crippen molar-refractivity contribution >= 4 is 11.9 Å². The molecule has 0 amide bonds. The van der Waals surface area contributed by atoms with E-state index in [0.29, 0.717) is 18.3 Å². The average Bonchev–Trinajstić information content (AvgIpc) is 3.24. The van der Waals surface area contributed by atoms with Crippen molar-refractivity contribution in [3.05, 3.63) is 36.5 Å². The molecule has 0 radical (unpaired) electrons. The van der Waals surface area contributed by atoms with Crippen LogP contribution in [0.3, 0.4) is 0 Å². The second-order valence-electron chi connectivity index (χ2n) is 4.63. The number of esters is 1. The maximum atomic E-state index is 11.5. The Labute approximate surface area is 125 Å². The highest BCUT2D eigenvalue weighted by Gasteiger charge is 2.21. The van der Waals surface area contributed by atoms with Gasteiger partial charge in [-0.2, -0.15) is 0 Å². The van der Waals surface area contributed by atoms with E-state index >= 15 is 0 Å². The Morgan fingerprint density at radius 2 is 2.05 bits per heavy atom. The topological polar surface area (TPSA) is 76.1 Å². The largest absolute Gasteiger partial charge is 0.478 e. The molecule has 5 nitrogen and oxygen atoms in total. The fourth-order valence-electron chi connectivity index (χ4n) is 1.11. The van der Waals surface area contributed by atoms with Crippen molar-refractivity contribution < 1.29 is 24.2 Å². The van der Waals surface area contributed by atoms with Crippen molar-refractivity contribution in [1.82, 2.24) is 0 Å². The molecule has 0 spiro atoms. The van der Waals surface area contributed by atoms with Crippen molar-refractivity contribution in [2.24, 2.45) is 0 Å². The predicted octanol–water partition coefficient (Wildman–Crippen LogP) is 2.88. The molecule has 0 aromatic heterocycles. The minimum atomic E-state index is -0.935. The van der Waals surface area contributed by atoms with Crippen LogP contribution < -0.4 is 0 Å². The van der Waals surface area contributed by atoms with Crippen molar-refractivity contribution in [3.63, 3.8) is 0 Å². The first-order valence-corrected chi connectivity index (χ1v) is 6.92. The van der Waals surface area contributed by atoms with E-state index in [-0.39, 0.29) is 11.5 Å². The molecule has 1 aliphatic heterocycles. The number of carbonyl (C=O) groups is 2. The first-order chi connectivity index (χ1) is 9.92. The molecule has 1 aliphatic rings. The van der Waals surface area contributed by atoms with Gasteiger partial charge < -0.3 is 14.6 Å². The van der Waals surface area contributed by atoms with E-state index in [1.54, 1.807) is 0 Å². The lowest BCUT2D eigenvalue weighted by Crippen LogP contribution is -2.07. The molecular weight excluding hydrogens is 272 g/mol. The van der Waals surface area contributed by atoms with Crippen molar-refractivity contribution in [1.29, 1.82) is 0 Å². The summed E-state index contributed by atoms with van der Waals surface area (Å²) in [6.07, 6.45) is 6.36. The van der Waals surface area contributed by atoms with Gasteiger partial charge in [-0.3, -0.25) is 0 Å². The summed E-state index contributed by atoms with van der Waals surface area (Å²) in [5.74, 6) is -1.21. The van der Waals surface area contributed by atoms with E-state index in [2.05, 4.69) is 20.1 Å². The van der Waals surface area contributed by atoms with Crippen LogP contribution in [-0.4, -0.2) is 36.4 Å². The zero-order valence-corrected chi connectivity index (χ0v) is 12.8. The van der Waals surface area contributed by atoms with E-state index in [0.717, 1.165) is 25.9 Å². The molecule has 1 atom stereocenters. The molecular formula is C16H24O5. The van der Waals surface area contributed by atoms with Gasteiger partial charge in [-0.25, -0.2) is 9.59 Å². The predicted molar refractivity (Wildman–Crippen MR) is 81.0 cm³/mol. The number of hydrogen-bond acceptors (Lipinski definition) is 4. The minimum Gasteiger partial charge on any atom is -0.478 e. The summed E-state index contributed by atoms with van der Waals surface area (Å²) < 4.78 is 10.1. The summed E-state index contributed by atoms with van der Waals surface area (Å²) >= 11 is 0. The number of rotatable bonds is 8. The summed E-state index contributed by atoms with van der Waals surface area (Å²) in [4.78, 5) is 21.1. The fraction of sp³-hybridized carbons (Fsp3) is 0.500. The number of unbranched alkanes of at least 4 members (excludes halogenated alkanes) is 1. The third-order valence-electron chi connectivity index (χ3n) is 2.55. The quantitative estimate of drug-likeness (QED) is 0.245. The van der Waals surface area contributed by atoms with Gasteiger partial charge in [0.2, 0.25) is 0 Å².